The number of imidazole rings is 1. The van der Waals surface area contributed by atoms with Gasteiger partial charge in [-0.2, -0.15) is 0 Å². The molecule has 0 aliphatic rings. The van der Waals surface area contributed by atoms with Crippen molar-refractivity contribution in [3.8, 4) is 16.9 Å². The van der Waals surface area contributed by atoms with E-state index in [1.807, 2.05) is 46.5 Å². The monoisotopic (exact) mass is 386 g/mol. The first-order chi connectivity index (χ1) is 12.2. The fraction of sp³-hybridized carbons (Fsp3) is 0. The molecule has 1 N–H and O–H groups in total. The molecule has 0 spiro atoms. The quantitative estimate of drug-likeness (QED) is 0.464. The van der Waals surface area contributed by atoms with E-state index in [-0.39, 0.29) is 0 Å². The van der Waals surface area contributed by atoms with Gasteiger partial charge in [-0.05, 0) is 30.3 Å². The fourth-order valence-corrected chi connectivity index (χ4v) is 3.42. The van der Waals surface area contributed by atoms with E-state index in [0.29, 0.717) is 10.0 Å². The Balaban J connectivity index is 1.53. The standard InChI is InChI=1S/C18H12Cl2N4S/c19-15-6-3-13(9-16(15)20)22-18-23-17(10-25-18)12-1-4-14(5-2-12)24-8-7-21-11-24/h1-11H,(H,22,23). The van der Waals surface area contributed by atoms with Gasteiger partial charge in [-0.25, -0.2) is 9.97 Å². The van der Waals surface area contributed by atoms with Gasteiger partial charge in [0.2, 0.25) is 0 Å². The number of nitrogens with zero attached hydrogens (tertiary/aromatic N) is 3. The van der Waals surface area contributed by atoms with Crippen molar-refractivity contribution in [2.24, 2.45) is 0 Å². The van der Waals surface area contributed by atoms with Crippen LogP contribution in [0.25, 0.3) is 16.9 Å². The number of thiazole rings is 1. The third-order valence-electron chi connectivity index (χ3n) is 3.64. The molecule has 0 unspecified atom stereocenters. The summed E-state index contributed by atoms with van der Waals surface area (Å²) in [6.45, 7) is 0. The minimum Gasteiger partial charge on any atom is -0.331 e. The molecule has 0 radical (unpaired) electrons. The van der Waals surface area contributed by atoms with Gasteiger partial charge in [0.1, 0.15) is 0 Å². The Hall–Kier alpha value is -2.34. The van der Waals surface area contributed by atoms with Crippen LogP contribution in [0.5, 0.6) is 0 Å². The van der Waals surface area contributed by atoms with Crippen LogP contribution >= 0.6 is 34.5 Å². The SMILES string of the molecule is Clc1ccc(Nc2nc(-c3ccc(-n4ccnc4)cc3)cs2)cc1Cl. The number of rotatable bonds is 4. The van der Waals surface area contributed by atoms with Gasteiger partial charge in [-0.1, -0.05) is 35.3 Å². The molecular formula is C18H12Cl2N4S. The molecule has 0 saturated heterocycles. The number of hydrogen-bond donors (Lipinski definition) is 1. The summed E-state index contributed by atoms with van der Waals surface area (Å²) in [7, 11) is 0. The van der Waals surface area contributed by atoms with E-state index in [1.165, 1.54) is 11.3 Å². The molecule has 2 aromatic carbocycles. The van der Waals surface area contributed by atoms with Crippen LogP contribution in [-0.4, -0.2) is 14.5 Å². The zero-order valence-corrected chi connectivity index (χ0v) is 15.2. The molecule has 124 valence electrons. The molecule has 0 amide bonds. The maximum atomic E-state index is 6.04. The van der Waals surface area contributed by atoms with Gasteiger partial charge in [0.25, 0.3) is 0 Å². The minimum atomic E-state index is 0.513. The lowest BCUT2D eigenvalue weighted by atomic mass is 10.1. The first-order valence-corrected chi connectivity index (χ1v) is 9.09. The minimum absolute atomic E-state index is 0.513. The number of nitrogens with one attached hydrogen (secondary N) is 1. The average molecular weight is 387 g/mol. The highest BCUT2D eigenvalue weighted by molar-refractivity contribution is 7.14. The van der Waals surface area contributed by atoms with E-state index in [9.17, 15) is 0 Å². The smallest absolute Gasteiger partial charge is 0.187 e. The van der Waals surface area contributed by atoms with Crippen LogP contribution in [0.3, 0.4) is 0 Å². The summed E-state index contributed by atoms with van der Waals surface area (Å²) < 4.78 is 1.96. The number of aromatic nitrogens is 3. The second-order valence-electron chi connectivity index (χ2n) is 5.31. The molecule has 0 aliphatic carbocycles. The Morgan fingerprint density at radius 2 is 1.84 bits per heavy atom. The van der Waals surface area contributed by atoms with Gasteiger partial charge in [0.05, 0.1) is 22.1 Å². The highest BCUT2D eigenvalue weighted by Gasteiger charge is 2.07. The number of hydrogen-bond acceptors (Lipinski definition) is 4. The molecule has 4 nitrogen and oxygen atoms in total. The van der Waals surface area contributed by atoms with E-state index in [4.69, 9.17) is 23.2 Å². The van der Waals surface area contributed by atoms with Crippen LogP contribution in [0.4, 0.5) is 10.8 Å². The van der Waals surface area contributed by atoms with Crippen molar-refractivity contribution in [2.45, 2.75) is 0 Å². The molecule has 7 heteroatoms. The Labute approximate surface area is 158 Å². The predicted molar refractivity (Wildman–Crippen MR) is 104 cm³/mol. The van der Waals surface area contributed by atoms with Crippen molar-refractivity contribution in [3.05, 3.63) is 76.6 Å². The molecule has 4 aromatic rings. The molecule has 0 atom stereocenters. The maximum Gasteiger partial charge on any atom is 0.187 e. The molecule has 4 rings (SSSR count). The Kier molecular flexibility index (Phi) is 4.44. The third-order valence-corrected chi connectivity index (χ3v) is 5.14. The zero-order chi connectivity index (χ0) is 17.2. The van der Waals surface area contributed by atoms with Crippen molar-refractivity contribution >= 4 is 45.4 Å². The summed E-state index contributed by atoms with van der Waals surface area (Å²) in [4.78, 5) is 8.69. The Morgan fingerprint density at radius 1 is 1.00 bits per heavy atom. The fourth-order valence-electron chi connectivity index (χ4n) is 2.38. The molecule has 25 heavy (non-hydrogen) atoms. The van der Waals surface area contributed by atoms with Gasteiger partial charge in [0, 0.05) is 34.7 Å². The largest absolute Gasteiger partial charge is 0.331 e. The second-order valence-corrected chi connectivity index (χ2v) is 6.98. The van der Waals surface area contributed by atoms with Crippen LogP contribution in [0, 0.1) is 0 Å². The molecule has 0 aliphatic heterocycles. The van der Waals surface area contributed by atoms with Crippen molar-refractivity contribution < 1.29 is 0 Å². The van der Waals surface area contributed by atoms with Gasteiger partial charge >= 0.3 is 0 Å². The Morgan fingerprint density at radius 3 is 2.56 bits per heavy atom. The van der Waals surface area contributed by atoms with E-state index in [1.54, 1.807) is 24.7 Å². The number of benzene rings is 2. The first-order valence-electron chi connectivity index (χ1n) is 7.45. The Bertz CT molecular complexity index is 994. The van der Waals surface area contributed by atoms with Crippen molar-refractivity contribution in [1.82, 2.24) is 14.5 Å². The van der Waals surface area contributed by atoms with Crippen LogP contribution in [-0.2, 0) is 0 Å². The predicted octanol–water partition coefficient (Wildman–Crippen LogP) is 6.05. The van der Waals surface area contributed by atoms with Crippen molar-refractivity contribution in [2.75, 3.05) is 5.32 Å². The van der Waals surface area contributed by atoms with Crippen LogP contribution in [0.1, 0.15) is 0 Å². The molecule has 2 heterocycles. The van der Waals surface area contributed by atoms with E-state index < -0.39 is 0 Å². The highest BCUT2D eigenvalue weighted by Crippen LogP contribution is 2.30. The average Bonchev–Trinajstić information content (AvgIpc) is 3.30. The molecule has 0 bridgehead atoms. The lowest BCUT2D eigenvalue weighted by Crippen LogP contribution is -1.91. The van der Waals surface area contributed by atoms with Crippen LogP contribution in [0.2, 0.25) is 10.0 Å². The molecule has 0 fully saturated rings. The van der Waals surface area contributed by atoms with Gasteiger partial charge < -0.3 is 9.88 Å². The topological polar surface area (TPSA) is 42.7 Å². The summed E-state index contributed by atoms with van der Waals surface area (Å²) in [6.07, 6.45) is 5.45. The summed E-state index contributed by atoms with van der Waals surface area (Å²) in [5.74, 6) is 0. The normalized spacial score (nSPS) is 10.8. The van der Waals surface area contributed by atoms with Crippen molar-refractivity contribution in [3.63, 3.8) is 0 Å². The van der Waals surface area contributed by atoms with Crippen LogP contribution < -0.4 is 5.32 Å². The maximum absolute atomic E-state index is 6.04. The van der Waals surface area contributed by atoms with Gasteiger partial charge in [-0.3, -0.25) is 0 Å². The van der Waals surface area contributed by atoms with Gasteiger partial charge in [-0.15, -0.1) is 11.3 Å². The molecule has 0 saturated carbocycles. The zero-order valence-electron chi connectivity index (χ0n) is 12.9. The summed E-state index contributed by atoms with van der Waals surface area (Å²) in [5.41, 5.74) is 3.89. The van der Waals surface area contributed by atoms with E-state index in [2.05, 4.69) is 15.3 Å². The first kappa shape index (κ1) is 16.1. The van der Waals surface area contributed by atoms with E-state index in [0.717, 1.165) is 27.8 Å². The molecular weight excluding hydrogens is 375 g/mol. The lowest BCUT2D eigenvalue weighted by Gasteiger charge is -2.04. The third kappa shape index (κ3) is 3.54. The van der Waals surface area contributed by atoms with Crippen molar-refractivity contribution in [1.29, 1.82) is 0 Å². The summed E-state index contributed by atoms with van der Waals surface area (Å²) in [6, 6.07) is 13.6. The van der Waals surface area contributed by atoms with Crippen LogP contribution in [0.15, 0.2) is 66.6 Å². The van der Waals surface area contributed by atoms with E-state index >= 15 is 0 Å². The lowest BCUT2D eigenvalue weighted by molar-refractivity contribution is 1.06. The highest BCUT2D eigenvalue weighted by atomic mass is 35.5. The summed E-state index contributed by atoms with van der Waals surface area (Å²) >= 11 is 13.5. The number of halogens is 2. The van der Waals surface area contributed by atoms with Gasteiger partial charge in [0.15, 0.2) is 5.13 Å². The summed E-state index contributed by atoms with van der Waals surface area (Å²) in [5, 5.41) is 7.11. The molecule has 2 aromatic heterocycles. The number of anilines is 2. The second kappa shape index (κ2) is 6.88.